The van der Waals surface area contributed by atoms with Crippen molar-refractivity contribution in [1.82, 2.24) is 20.4 Å². The third kappa shape index (κ3) is 3.93. The quantitative estimate of drug-likeness (QED) is 0.775. The Morgan fingerprint density at radius 1 is 1.19 bits per heavy atom. The van der Waals surface area contributed by atoms with Gasteiger partial charge in [-0.1, -0.05) is 23.1 Å². The number of aromatic nitrogens is 2. The molecule has 1 N–H and O–H groups in total. The normalized spacial score (nSPS) is 26.7. The van der Waals surface area contributed by atoms with Gasteiger partial charge in [0.25, 0.3) is 5.91 Å². The van der Waals surface area contributed by atoms with Crippen LogP contribution in [0.4, 0.5) is 0 Å². The molecule has 0 unspecified atom stereocenters. The molecule has 0 aliphatic carbocycles. The van der Waals surface area contributed by atoms with E-state index >= 15 is 0 Å². The van der Waals surface area contributed by atoms with Crippen LogP contribution in [0, 0.1) is 5.92 Å². The molecule has 3 saturated heterocycles. The zero-order valence-corrected chi connectivity index (χ0v) is 17.0. The van der Waals surface area contributed by atoms with Crippen LogP contribution in [-0.2, 0) is 0 Å². The summed E-state index contributed by atoms with van der Waals surface area (Å²) in [4.78, 5) is 27.4. The van der Waals surface area contributed by atoms with Crippen LogP contribution in [-0.4, -0.2) is 52.0 Å². The second-order valence-corrected chi connectivity index (χ2v) is 9.47. The van der Waals surface area contributed by atoms with E-state index in [1.807, 2.05) is 24.3 Å². The molecule has 2 aromatic rings. The minimum Gasteiger partial charge on any atom is -0.347 e. The van der Waals surface area contributed by atoms with Crippen LogP contribution in [0.3, 0.4) is 0 Å². The van der Waals surface area contributed by atoms with Crippen LogP contribution in [0.1, 0.15) is 46.8 Å². The van der Waals surface area contributed by atoms with Crippen LogP contribution in [0.2, 0.25) is 0 Å². The maximum atomic E-state index is 12.7. The molecular weight excluding hydrogens is 380 g/mol. The number of Topliss-reactive ketones (excluding diaryl/α,β-unsaturated/α-hetero) is 1. The smallest absolute Gasteiger partial charge is 0.251 e. The minimum atomic E-state index is -0.0756. The summed E-state index contributed by atoms with van der Waals surface area (Å²) in [7, 11) is 0. The SMILES string of the molecule is CC(=O)c1nnc(Sc2ccc(C(=O)N[C@@H]3C4CCN(CC4)[C@@H]3C)cc2)s1. The summed E-state index contributed by atoms with van der Waals surface area (Å²) in [5, 5.41) is 11.6. The number of carbonyl (C=O) groups is 2. The van der Waals surface area contributed by atoms with Crippen LogP contribution < -0.4 is 5.32 Å². The second-order valence-electron chi connectivity index (χ2n) is 7.17. The Hall–Kier alpha value is -1.77. The van der Waals surface area contributed by atoms with E-state index in [1.165, 1.54) is 42.9 Å². The number of fused-ring (bicyclic) bond motifs is 3. The fraction of sp³-hybridized carbons (Fsp3) is 0.474. The predicted molar refractivity (Wildman–Crippen MR) is 105 cm³/mol. The molecule has 3 aliphatic rings. The lowest BCUT2D eigenvalue weighted by atomic mass is 9.79. The lowest BCUT2D eigenvalue weighted by Gasteiger charge is -2.49. The maximum Gasteiger partial charge on any atom is 0.251 e. The average molecular weight is 403 g/mol. The highest BCUT2D eigenvalue weighted by atomic mass is 32.2. The number of ketones is 1. The molecule has 4 heterocycles. The van der Waals surface area contributed by atoms with Crippen molar-refractivity contribution in [2.75, 3.05) is 13.1 Å². The van der Waals surface area contributed by atoms with Gasteiger partial charge in [-0.25, -0.2) is 0 Å². The summed E-state index contributed by atoms with van der Waals surface area (Å²) in [6.45, 7) is 6.01. The summed E-state index contributed by atoms with van der Waals surface area (Å²) in [6, 6.07) is 8.15. The summed E-state index contributed by atoms with van der Waals surface area (Å²) < 4.78 is 0.721. The van der Waals surface area contributed by atoms with Crippen molar-refractivity contribution in [2.45, 2.75) is 48.0 Å². The summed E-state index contributed by atoms with van der Waals surface area (Å²) in [5.74, 6) is 0.511. The number of piperidine rings is 3. The number of nitrogens with zero attached hydrogens (tertiary/aromatic N) is 3. The predicted octanol–water partition coefficient (Wildman–Crippen LogP) is 3.10. The van der Waals surface area contributed by atoms with Crippen molar-refractivity contribution in [3.63, 3.8) is 0 Å². The van der Waals surface area contributed by atoms with Gasteiger partial charge < -0.3 is 5.32 Å². The molecule has 2 bridgehead atoms. The van der Waals surface area contributed by atoms with E-state index in [9.17, 15) is 9.59 Å². The second kappa shape index (κ2) is 7.69. The Kier molecular flexibility index (Phi) is 5.29. The lowest BCUT2D eigenvalue weighted by Crippen LogP contribution is -2.62. The first-order valence-corrected chi connectivity index (χ1v) is 10.8. The topological polar surface area (TPSA) is 75.2 Å². The average Bonchev–Trinajstić information content (AvgIpc) is 3.14. The Morgan fingerprint density at radius 3 is 2.48 bits per heavy atom. The molecule has 1 aromatic carbocycles. The summed E-state index contributed by atoms with van der Waals surface area (Å²) in [5.41, 5.74) is 0.671. The van der Waals surface area contributed by atoms with Gasteiger partial charge in [-0.3, -0.25) is 14.5 Å². The lowest BCUT2D eigenvalue weighted by molar-refractivity contribution is 0.0217. The molecule has 1 amide bonds. The summed E-state index contributed by atoms with van der Waals surface area (Å²) in [6.07, 6.45) is 2.35. The number of hydrogen-bond acceptors (Lipinski definition) is 7. The zero-order chi connectivity index (χ0) is 19.0. The van der Waals surface area contributed by atoms with Crippen LogP contribution in [0.25, 0.3) is 0 Å². The fourth-order valence-corrected chi connectivity index (χ4v) is 5.67. The molecule has 0 spiro atoms. The third-order valence-corrected chi connectivity index (χ3v) is 7.59. The van der Waals surface area contributed by atoms with Gasteiger partial charge in [0.2, 0.25) is 0 Å². The van der Waals surface area contributed by atoms with E-state index < -0.39 is 0 Å². The van der Waals surface area contributed by atoms with Gasteiger partial charge in [0.05, 0.1) is 0 Å². The van der Waals surface area contributed by atoms with E-state index in [0.29, 0.717) is 22.5 Å². The van der Waals surface area contributed by atoms with Gasteiger partial charge in [0.1, 0.15) is 0 Å². The van der Waals surface area contributed by atoms with E-state index in [-0.39, 0.29) is 17.7 Å². The highest BCUT2D eigenvalue weighted by Crippen LogP contribution is 2.33. The molecule has 142 valence electrons. The highest BCUT2D eigenvalue weighted by Gasteiger charge is 2.40. The minimum absolute atomic E-state index is 0.00747. The standard InChI is InChI=1S/C19H22N4O2S2/c1-11-16(13-7-9-23(11)10-8-13)20-17(25)14-3-5-15(6-4-14)26-19-22-21-18(27-19)12(2)24/h3-6,11,13,16H,7-10H2,1-2H3,(H,20,25)/t11-,16+/m1/s1. The maximum absolute atomic E-state index is 12.7. The van der Waals surface area contributed by atoms with E-state index in [2.05, 4.69) is 27.3 Å². The van der Waals surface area contributed by atoms with E-state index in [1.54, 1.807) is 0 Å². The number of nitrogens with one attached hydrogen (secondary N) is 1. The Balaban J connectivity index is 1.39. The van der Waals surface area contributed by atoms with Gasteiger partial charge >= 0.3 is 0 Å². The van der Waals surface area contributed by atoms with Gasteiger partial charge in [-0.15, -0.1) is 10.2 Å². The highest BCUT2D eigenvalue weighted by molar-refractivity contribution is 8.01. The van der Waals surface area contributed by atoms with E-state index in [0.717, 1.165) is 22.3 Å². The van der Waals surface area contributed by atoms with Crippen molar-refractivity contribution in [1.29, 1.82) is 0 Å². The van der Waals surface area contributed by atoms with Gasteiger partial charge in [-0.05, 0) is 63.0 Å². The largest absolute Gasteiger partial charge is 0.347 e. The fourth-order valence-electron chi connectivity index (χ4n) is 3.95. The first-order chi connectivity index (χ1) is 13.0. The van der Waals surface area contributed by atoms with Crippen LogP contribution in [0.15, 0.2) is 33.5 Å². The molecule has 0 saturated carbocycles. The monoisotopic (exact) mass is 402 g/mol. The molecule has 5 rings (SSSR count). The Labute approximate surface area is 166 Å². The van der Waals surface area contributed by atoms with Gasteiger partial charge in [-0.2, -0.15) is 0 Å². The Morgan fingerprint density at radius 2 is 1.89 bits per heavy atom. The third-order valence-electron chi connectivity index (χ3n) is 5.50. The number of hydrogen-bond donors (Lipinski definition) is 1. The number of benzene rings is 1. The molecule has 0 radical (unpaired) electrons. The molecule has 6 nitrogen and oxygen atoms in total. The van der Waals surface area contributed by atoms with Crippen molar-refractivity contribution >= 4 is 34.8 Å². The first kappa shape index (κ1) is 18.6. The zero-order valence-electron chi connectivity index (χ0n) is 15.3. The van der Waals surface area contributed by atoms with Crippen molar-refractivity contribution in [2.24, 2.45) is 5.92 Å². The van der Waals surface area contributed by atoms with Crippen molar-refractivity contribution in [3.8, 4) is 0 Å². The van der Waals surface area contributed by atoms with E-state index in [4.69, 9.17) is 0 Å². The summed E-state index contributed by atoms with van der Waals surface area (Å²) >= 11 is 2.73. The molecular formula is C19H22N4O2S2. The molecule has 8 heteroatoms. The number of carbonyl (C=O) groups excluding carboxylic acids is 2. The number of rotatable bonds is 5. The Bertz CT molecular complexity index is 842. The molecule has 1 aromatic heterocycles. The van der Waals surface area contributed by atoms with Gasteiger partial charge in [0, 0.05) is 29.5 Å². The molecule has 3 aliphatic heterocycles. The van der Waals surface area contributed by atoms with Crippen LogP contribution >= 0.6 is 23.1 Å². The molecule has 27 heavy (non-hydrogen) atoms. The molecule has 2 atom stereocenters. The van der Waals surface area contributed by atoms with Crippen molar-refractivity contribution in [3.05, 3.63) is 34.8 Å². The van der Waals surface area contributed by atoms with Gasteiger partial charge in [0.15, 0.2) is 15.1 Å². The number of amides is 1. The first-order valence-electron chi connectivity index (χ1n) is 9.18. The van der Waals surface area contributed by atoms with Crippen LogP contribution in [0.5, 0.6) is 0 Å². The molecule has 3 fully saturated rings. The van der Waals surface area contributed by atoms with Crippen molar-refractivity contribution < 1.29 is 9.59 Å².